The van der Waals surface area contributed by atoms with Crippen LogP contribution in [0.15, 0.2) is 0 Å². The van der Waals surface area contributed by atoms with E-state index in [0.717, 1.165) is 13.0 Å². The molecule has 0 saturated carbocycles. The molecule has 0 spiro atoms. The Labute approximate surface area is 77.2 Å². The first-order valence-electron chi connectivity index (χ1n) is 4.79. The summed E-state index contributed by atoms with van der Waals surface area (Å²) in [5.74, 6) is 1.36. The highest BCUT2D eigenvalue weighted by atomic mass is 16.1. The minimum absolute atomic E-state index is 0. The highest BCUT2D eigenvalue weighted by Gasteiger charge is 2.03. The number of amides is 1. The second-order valence-electron chi connectivity index (χ2n) is 4.13. The van der Waals surface area contributed by atoms with Gasteiger partial charge in [-0.05, 0) is 18.3 Å². The molecule has 2 heteroatoms. The second kappa shape index (κ2) is 6.04. The van der Waals surface area contributed by atoms with Crippen LogP contribution in [0.25, 0.3) is 0 Å². The molecular formula is C10H23NO. The van der Waals surface area contributed by atoms with Gasteiger partial charge in [0.05, 0.1) is 0 Å². The van der Waals surface area contributed by atoms with Gasteiger partial charge in [0, 0.05) is 14.4 Å². The van der Waals surface area contributed by atoms with Gasteiger partial charge in [0.2, 0.25) is 5.91 Å². The van der Waals surface area contributed by atoms with Crippen molar-refractivity contribution in [2.75, 3.05) is 6.54 Å². The van der Waals surface area contributed by atoms with Gasteiger partial charge in [-0.25, -0.2) is 0 Å². The maximum atomic E-state index is 11.1. The third-order valence-electron chi connectivity index (χ3n) is 1.66. The lowest BCUT2D eigenvalue weighted by molar-refractivity contribution is -0.121. The van der Waals surface area contributed by atoms with Crippen LogP contribution in [0.1, 0.15) is 42.0 Å². The molecule has 0 aromatic carbocycles. The number of carbonyl (C=O) groups excluding carboxylic acids is 1. The lowest BCUT2D eigenvalue weighted by Gasteiger charge is -2.08. The molecule has 1 amide bonds. The van der Waals surface area contributed by atoms with E-state index in [0.29, 0.717) is 18.3 Å². The van der Waals surface area contributed by atoms with E-state index in [-0.39, 0.29) is 7.33 Å². The minimum Gasteiger partial charge on any atom is -0.356 e. The molecule has 0 aromatic heterocycles. The highest BCUT2D eigenvalue weighted by Crippen LogP contribution is 2.02. The zero-order valence-electron chi connectivity index (χ0n) is 8.68. The molecule has 0 aliphatic rings. The smallest absolute Gasteiger partial charge is 0.220 e. The Bertz CT molecular complexity index is 121. The summed E-state index contributed by atoms with van der Waals surface area (Å²) < 4.78 is 0. The SMILES string of the molecule is CC(C)CCC(=O)NCC(C)C.[HH]. The summed E-state index contributed by atoms with van der Waals surface area (Å²) in [5, 5.41) is 2.90. The fourth-order valence-electron chi connectivity index (χ4n) is 0.826. The van der Waals surface area contributed by atoms with Gasteiger partial charge in [-0.1, -0.05) is 27.7 Å². The molecule has 0 saturated heterocycles. The van der Waals surface area contributed by atoms with Crippen molar-refractivity contribution in [3.8, 4) is 0 Å². The molecule has 12 heavy (non-hydrogen) atoms. The van der Waals surface area contributed by atoms with E-state index >= 15 is 0 Å². The minimum atomic E-state index is 0. The van der Waals surface area contributed by atoms with Crippen LogP contribution >= 0.6 is 0 Å². The van der Waals surface area contributed by atoms with Gasteiger partial charge in [-0.2, -0.15) is 0 Å². The number of carbonyl (C=O) groups is 1. The summed E-state index contributed by atoms with van der Waals surface area (Å²) in [4.78, 5) is 11.1. The summed E-state index contributed by atoms with van der Waals surface area (Å²) in [6, 6.07) is 0. The molecule has 0 fully saturated rings. The predicted molar refractivity (Wildman–Crippen MR) is 54.0 cm³/mol. The largest absolute Gasteiger partial charge is 0.356 e. The van der Waals surface area contributed by atoms with E-state index in [2.05, 4.69) is 33.0 Å². The maximum Gasteiger partial charge on any atom is 0.220 e. The topological polar surface area (TPSA) is 29.1 Å². The Balaban J connectivity index is 0. The van der Waals surface area contributed by atoms with Crippen molar-refractivity contribution in [2.24, 2.45) is 11.8 Å². The van der Waals surface area contributed by atoms with Crippen LogP contribution in [0.5, 0.6) is 0 Å². The van der Waals surface area contributed by atoms with Crippen molar-refractivity contribution in [1.29, 1.82) is 0 Å². The Hall–Kier alpha value is -0.530. The third kappa shape index (κ3) is 7.58. The average Bonchev–Trinajstić information content (AvgIpc) is 1.96. The molecule has 2 nitrogen and oxygen atoms in total. The van der Waals surface area contributed by atoms with Crippen molar-refractivity contribution in [3.05, 3.63) is 0 Å². The summed E-state index contributed by atoms with van der Waals surface area (Å²) in [6.07, 6.45) is 1.66. The van der Waals surface area contributed by atoms with Gasteiger partial charge < -0.3 is 5.32 Å². The molecule has 0 bridgehead atoms. The van der Waals surface area contributed by atoms with Crippen LogP contribution in [0.3, 0.4) is 0 Å². The first-order chi connectivity index (χ1) is 5.52. The molecule has 0 radical (unpaired) electrons. The van der Waals surface area contributed by atoms with Gasteiger partial charge in [-0.15, -0.1) is 0 Å². The van der Waals surface area contributed by atoms with Crippen LogP contribution in [0.4, 0.5) is 0 Å². The maximum absolute atomic E-state index is 11.1. The second-order valence-corrected chi connectivity index (χ2v) is 4.13. The zero-order valence-corrected chi connectivity index (χ0v) is 8.68. The van der Waals surface area contributed by atoms with E-state index in [1.807, 2.05) is 0 Å². The lowest BCUT2D eigenvalue weighted by atomic mass is 10.1. The first kappa shape index (κ1) is 11.5. The number of rotatable bonds is 5. The van der Waals surface area contributed by atoms with Gasteiger partial charge in [-0.3, -0.25) is 4.79 Å². The molecule has 0 heterocycles. The Morgan fingerprint density at radius 3 is 2.25 bits per heavy atom. The molecular weight excluding hydrogens is 150 g/mol. The fraction of sp³-hybridized carbons (Fsp3) is 0.900. The molecule has 0 aliphatic carbocycles. The Morgan fingerprint density at radius 2 is 1.83 bits per heavy atom. The standard InChI is InChI=1S/C10H21NO.H2/c1-8(2)5-6-10(12)11-7-9(3)4;/h8-9H,5-7H2,1-4H3,(H,11,12);1H. The molecule has 1 N–H and O–H groups in total. The van der Waals surface area contributed by atoms with Crippen molar-refractivity contribution < 1.29 is 6.22 Å². The normalized spacial score (nSPS) is 10.8. The molecule has 0 atom stereocenters. The van der Waals surface area contributed by atoms with Crippen molar-refractivity contribution in [3.63, 3.8) is 0 Å². The molecule has 0 unspecified atom stereocenters. The lowest BCUT2D eigenvalue weighted by Crippen LogP contribution is -2.27. The van der Waals surface area contributed by atoms with E-state index < -0.39 is 0 Å². The summed E-state index contributed by atoms with van der Waals surface area (Å²) in [6.45, 7) is 9.27. The molecule has 0 rings (SSSR count). The molecule has 74 valence electrons. The fourth-order valence-corrected chi connectivity index (χ4v) is 0.826. The molecule has 0 aromatic rings. The zero-order chi connectivity index (χ0) is 9.56. The summed E-state index contributed by atoms with van der Waals surface area (Å²) in [7, 11) is 0. The van der Waals surface area contributed by atoms with Crippen molar-refractivity contribution in [1.82, 2.24) is 5.32 Å². The number of hydrogen-bond donors (Lipinski definition) is 1. The van der Waals surface area contributed by atoms with Crippen LogP contribution in [0, 0.1) is 11.8 Å². The van der Waals surface area contributed by atoms with Crippen LogP contribution in [-0.4, -0.2) is 12.5 Å². The van der Waals surface area contributed by atoms with Crippen molar-refractivity contribution >= 4 is 5.91 Å². The van der Waals surface area contributed by atoms with Crippen LogP contribution < -0.4 is 5.32 Å². The first-order valence-corrected chi connectivity index (χ1v) is 4.79. The average molecular weight is 173 g/mol. The monoisotopic (exact) mass is 173 g/mol. The van der Waals surface area contributed by atoms with Gasteiger partial charge >= 0.3 is 0 Å². The van der Waals surface area contributed by atoms with Gasteiger partial charge in [0.25, 0.3) is 0 Å². The third-order valence-corrected chi connectivity index (χ3v) is 1.66. The van der Waals surface area contributed by atoms with Gasteiger partial charge in [0.1, 0.15) is 0 Å². The van der Waals surface area contributed by atoms with E-state index in [9.17, 15) is 4.79 Å². The summed E-state index contributed by atoms with van der Waals surface area (Å²) in [5.41, 5.74) is 0. The number of nitrogens with one attached hydrogen (secondary N) is 1. The van der Waals surface area contributed by atoms with Crippen molar-refractivity contribution in [2.45, 2.75) is 40.5 Å². The Kier molecular flexibility index (Phi) is 5.77. The highest BCUT2D eigenvalue weighted by molar-refractivity contribution is 5.75. The molecule has 0 aliphatic heterocycles. The van der Waals surface area contributed by atoms with E-state index in [4.69, 9.17) is 0 Å². The quantitative estimate of drug-likeness (QED) is 0.679. The van der Waals surface area contributed by atoms with Crippen LogP contribution in [0.2, 0.25) is 0 Å². The van der Waals surface area contributed by atoms with Gasteiger partial charge in [0.15, 0.2) is 0 Å². The summed E-state index contributed by atoms with van der Waals surface area (Å²) >= 11 is 0. The van der Waals surface area contributed by atoms with E-state index in [1.165, 1.54) is 0 Å². The predicted octanol–water partition coefficient (Wildman–Crippen LogP) is 2.44. The van der Waals surface area contributed by atoms with E-state index in [1.54, 1.807) is 0 Å². The Morgan fingerprint density at radius 1 is 1.25 bits per heavy atom. The number of hydrogen-bond acceptors (Lipinski definition) is 1. The van der Waals surface area contributed by atoms with Crippen LogP contribution in [-0.2, 0) is 4.79 Å².